The minimum Gasteiger partial charge on any atom is -0.497 e. The smallest absolute Gasteiger partial charge is 0.263 e. The number of carbonyl (C=O) groups excluding carboxylic acids is 1. The molecular weight excluding hydrogens is 312 g/mol. The molecule has 1 amide bonds. The molecule has 0 saturated carbocycles. The van der Waals surface area contributed by atoms with Gasteiger partial charge in [0.1, 0.15) is 15.6 Å². The SMILES string of the molecule is CCC(C)(CCO)NC(=O)c1cnc(-c2ccc(OC)cc2)s1. The van der Waals surface area contributed by atoms with Crippen LogP contribution in [-0.4, -0.2) is 35.3 Å². The van der Waals surface area contributed by atoms with Gasteiger partial charge in [-0.25, -0.2) is 4.98 Å². The van der Waals surface area contributed by atoms with Crippen molar-refractivity contribution in [2.24, 2.45) is 0 Å². The van der Waals surface area contributed by atoms with Gasteiger partial charge in [-0.2, -0.15) is 0 Å². The van der Waals surface area contributed by atoms with Crippen LogP contribution in [-0.2, 0) is 0 Å². The van der Waals surface area contributed by atoms with E-state index in [1.54, 1.807) is 13.3 Å². The number of hydrogen-bond donors (Lipinski definition) is 2. The standard InChI is InChI=1S/C17H22N2O3S/c1-4-17(2,9-10-20)19-15(21)14-11-18-16(23-14)12-5-7-13(22-3)8-6-12/h5-8,11,20H,4,9-10H2,1-3H3,(H,19,21). The van der Waals surface area contributed by atoms with Gasteiger partial charge >= 0.3 is 0 Å². The summed E-state index contributed by atoms with van der Waals surface area (Å²) in [7, 11) is 1.62. The monoisotopic (exact) mass is 334 g/mol. The summed E-state index contributed by atoms with van der Waals surface area (Å²) in [4.78, 5) is 17.3. The van der Waals surface area contributed by atoms with E-state index in [4.69, 9.17) is 9.84 Å². The minimum absolute atomic E-state index is 0.0460. The number of nitrogens with one attached hydrogen (secondary N) is 1. The first-order chi connectivity index (χ1) is 11.0. The third-order valence-electron chi connectivity index (χ3n) is 3.93. The number of nitrogens with zero attached hydrogens (tertiary/aromatic N) is 1. The lowest BCUT2D eigenvalue weighted by molar-refractivity contribution is 0.0890. The fourth-order valence-corrected chi connectivity index (χ4v) is 2.97. The Morgan fingerprint density at radius 3 is 2.65 bits per heavy atom. The average Bonchev–Trinajstić information content (AvgIpc) is 3.05. The number of rotatable bonds is 7. The molecule has 2 rings (SSSR count). The van der Waals surface area contributed by atoms with Crippen LogP contribution in [0.2, 0.25) is 0 Å². The molecule has 0 aliphatic carbocycles. The third-order valence-corrected chi connectivity index (χ3v) is 4.97. The molecule has 23 heavy (non-hydrogen) atoms. The number of amides is 1. The van der Waals surface area contributed by atoms with E-state index in [0.29, 0.717) is 11.3 Å². The molecule has 0 saturated heterocycles. The van der Waals surface area contributed by atoms with Crippen molar-refractivity contribution in [3.8, 4) is 16.3 Å². The molecular formula is C17H22N2O3S. The van der Waals surface area contributed by atoms with Crippen molar-refractivity contribution >= 4 is 17.2 Å². The van der Waals surface area contributed by atoms with Gasteiger partial charge in [-0.3, -0.25) is 4.79 Å². The molecule has 1 atom stereocenters. The van der Waals surface area contributed by atoms with Crippen LogP contribution < -0.4 is 10.1 Å². The molecule has 0 fully saturated rings. The summed E-state index contributed by atoms with van der Waals surface area (Å²) in [5.41, 5.74) is 0.541. The van der Waals surface area contributed by atoms with Crippen molar-refractivity contribution in [3.63, 3.8) is 0 Å². The lowest BCUT2D eigenvalue weighted by atomic mass is 9.95. The Kier molecular flexibility index (Phi) is 5.74. The predicted octanol–water partition coefficient (Wildman–Crippen LogP) is 3.10. The summed E-state index contributed by atoms with van der Waals surface area (Å²) in [6, 6.07) is 7.57. The van der Waals surface area contributed by atoms with Crippen LogP contribution >= 0.6 is 11.3 Å². The second-order valence-electron chi connectivity index (χ2n) is 5.60. The molecule has 2 N–H and O–H groups in total. The van der Waals surface area contributed by atoms with Crippen LogP contribution in [0.15, 0.2) is 30.5 Å². The molecule has 1 aromatic carbocycles. The van der Waals surface area contributed by atoms with E-state index in [0.717, 1.165) is 22.7 Å². The second-order valence-corrected chi connectivity index (χ2v) is 6.63. The highest BCUT2D eigenvalue weighted by atomic mass is 32.1. The Bertz CT molecular complexity index is 654. The van der Waals surface area contributed by atoms with Gasteiger partial charge in [0.2, 0.25) is 0 Å². The molecule has 1 heterocycles. The van der Waals surface area contributed by atoms with Gasteiger partial charge in [0.25, 0.3) is 5.91 Å². The van der Waals surface area contributed by atoms with E-state index in [9.17, 15) is 4.79 Å². The Morgan fingerprint density at radius 2 is 2.09 bits per heavy atom. The minimum atomic E-state index is -0.407. The van der Waals surface area contributed by atoms with Crippen molar-refractivity contribution in [1.82, 2.24) is 10.3 Å². The number of aliphatic hydroxyl groups is 1. The normalized spacial score (nSPS) is 13.4. The van der Waals surface area contributed by atoms with Gasteiger partial charge in [-0.15, -0.1) is 11.3 Å². The average molecular weight is 334 g/mol. The van der Waals surface area contributed by atoms with Crippen LogP contribution in [0.25, 0.3) is 10.6 Å². The van der Waals surface area contributed by atoms with E-state index in [2.05, 4.69) is 10.3 Å². The molecule has 0 spiro atoms. The van der Waals surface area contributed by atoms with Crippen molar-refractivity contribution < 1.29 is 14.6 Å². The Labute approximate surface area is 140 Å². The highest BCUT2D eigenvalue weighted by Crippen LogP contribution is 2.27. The summed E-state index contributed by atoms with van der Waals surface area (Å²) in [6.45, 7) is 3.97. The van der Waals surface area contributed by atoms with Crippen molar-refractivity contribution in [2.75, 3.05) is 13.7 Å². The third kappa shape index (κ3) is 4.30. The maximum atomic E-state index is 12.4. The maximum absolute atomic E-state index is 12.4. The zero-order valence-corrected chi connectivity index (χ0v) is 14.4. The van der Waals surface area contributed by atoms with Gasteiger partial charge in [0, 0.05) is 17.7 Å². The van der Waals surface area contributed by atoms with Crippen LogP contribution in [0, 0.1) is 0 Å². The second kappa shape index (κ2) is 7.57. The van der Waals surface area contributed by atoms with Gasteiger partial charge in [0.05, 0.1) is 13.3 Å². The van der Waals surface area contributed by atoms with E-state index in [1.165, 1.54) is 11.3 Å². The highest BCUT2D eigenvalue weighted by Gasteiger charge is 2.25. The maximum Gasteiger partial charge on any atom is 0.263 e. The summed E-state index contributed by atoms with van der Waals surface area (Å²) in [5, 5.41) is 12.9. The van der Waals surface area contributed by atoms with E-state index >= 15 is 0 Å². The highest BCUT2D eigenvalue weighted by molar-refractivity contribution is 7.16. The molecule has 1 unspecified atom stereocenters. The number of benzene rings is 1. The van der Waals surface area contributed by atoms with Crippen LogP contribution in [0.4, 0.5) is 0 Å². The first-order valence-corrected chi connectivity index (χ1v) is 8.36. The molecule has 0 aliphatic rings. The number of thiazole rings is 1. The number of aliphatic hydroxyl groups excluding tert-OH is 1. The molecule has 5 nitrogen and oxygen atoms in total. The molecule has 0 radical (unpaired) electrons. The van der Waals surface area contributed by atoms with E-state index in [1.807, 2.05) is 38.1 Å². The number of methoxy groups -OCH3 is 1. The van der Waals surface area contributed by atoms with E-state index < -0.39 is 5.54 Å². The number of hydrogen-bond acceptors (Lipinski definition) is 5. The first-order valence-electron chi connectivity index (χ1n) is 7.55. The predicted molar refractivity (Wildman–Crippen MR) is 92.0 cm³/mol. The largest absolute Gasteiger partial charge is 0.497 e. The first kappa shape index (κ1) is 17.4. The van der Waals surface area contributed by atoms with Gasteiger partial charge < -0.3 is 15.2 Å². The van der Waals surface area contributed by atoms with Crippen molar-refractivity contribution in [3.05, 3.63) is 35.3 Å². The van der Waals surface area contributed by atoms with Crippen LogP contribution in [0.5, 0.6) is 5.75 Å². The molecule has 0 aliphatic heterocycles. The number of aromatic nitrogens is 1. The quantitative estimate of drug-likeness (QED) is 0.816. The number of carbonyl (C=O) groups is 1. The van der Waals surface area contributed by atoms with Crippen LogP contribution in [0.3, 0.4) is 0 Å². The topological polar surface area (TPSA) is 71.5 Å². The Hall–Kier alpha value is -1.92. The zero-order valence-electron chi connectivity index (χ0n) is 13.6. The van der Waals surface area contributed by atoms with Gasteiger partial charge in [0.15, 0.2) is 0 Å². The van der Waals surface area contributed by atoms with Gasteiger partial charge in [-0.1, -0.05) is 6.92 Å². The summed E-state index contributed by atoms with van der Waals surface area (Å²) in [6.07, 6.45) is 2.87. The van der Waals surface area contributed by atoms with Crippen LogP contribution in [0.1, 0.15) is 36.4 Å². The lowest BCUT2D eigenvalue weighted by Gasteiger charge is -2.28. The summed E-state index contributed by atoms with van der Waals surface area (Å²) >= 11 is 1.35. The fraction of sp³-hybridized carbons (Fsp3) is 0.412. The molecule has 1 aromatic heterocycles. The Balaban J connectivity index is 2.13. The molecule has 0 bridgehead atoms. The summed E-state index contributed by atoms with van der Waals surface area (Å²) < 4.78 is 5.14. The fourth-order valence-electron chi connectivity index (χ4n) is 2.16. The summed E-state index contributed by atoms with van der Waals surface area (Å²) in [5.74, 6) is 0.631. The molecule has 124 valence electrons. The lowest BCUT2D eigenvalue weighted by Crippen LogP contribution is -2.45. The van der Waals surface area contributed by atoms with Crippen molar-refractivity contribution in [2.45, 2.75) is 32.2 Å². The Morgan fingerprint density at radius 1 is 1.39 bits per heavy atom. The molecule has 6 heteroatoms. The van der Waals surface area contributed by atoms with E-state index in [-0.39, 0.29) is 12.5 Å². The number of ether oxygens (including phenoxy) is 1. The molecule has 2 aromatic rings. The zero-order chi connectivity index (χ0) is 16.9. The van der Waals surface area contributed by atoms with Crippen molar-refractivity contribution in [1.29, 1.82) is 0 Å². The van der Waals surface area contributed by atoms with Gasteiger partial charge in [-0.05, 0) is 44.0 Å².